The van der Waals surface area contributed by atoms with Crippen molar-refractivity contribution >= 4 is 104 Å². The Labute approximate surface area is 252 Å². The molecule has 0 saturated heterocycles. The predicted molar refractivity (Wildman–Crippen MR) is 151 cm³/mol. The highest BCUT2D eigenvalue weighted by Gasteiger charge is 2.88. The van der Waals surface area contributed by atoms with Crippen molar-refractivity contribution in [3.8, 4) is 0 Å². The quantitative estimate of drug-likeness (QED) is 0.193. The topological polar surface area (TPSA) is 34.1 Å². The third kappa shape index (κ3) is 2.38. The lowest BCUT2D eigenvalue weighted by molar-refractivity contribution is -0.130. The van der Waals surface area contributed by atoms with Gasteiger partial charge in [0.2, 0.25) is 0 Å². The van der Waals surface area contributed by atoms with Crippen molar-refractivity contribution in [1.82, 2.24) is 0 Å². The van der Waals surface area contributed by atoms with E-state index in [-0.39, 0.29) is 11.6 Å². The number of allylic oxidation sites excluding steroid dienone is 4. The van der Waals surface area contributed by atoms with Crippen molar-refractivity contribution in [2.75, 3.05) is 0 Å². The molecule has 200 valence electrons. The highest BCUT2D eigenvalue weighted by Crippen LogP contribution is 2.84. The predicted octanol–water partition coefficient (Wildman–Crippen LogP) is 9.05. The fourth-order valence-corrected chi connectivity index (χ4v) is 13.0. The molecule has 0 unspecified atom stereocenters. The molecule has 0 heterocycles. The van der Waals surface area contributed by atoms with Gasteiger partial charge in [-0.25, -0.2) is 0 Å². The number of hydrogen-bond donors (Lipinski definition) is 0. The lowest BCUT2D eigenvalue weighted by Crippen LogP contribution is -2.69. The molecule has 0 aliphatic heterocycles. The average molecular weight is 656 g/mol. The molecule has 5 rings (SSSR count). The van der Waals surface area contributed by atoms with Crippen LogP contribution in [-0.4, -0.2) is 28.9 Å². The van der Waals surface area contributed by atoms with E-state index in [1.807, 2.05) is 27.7 Å². The van der Waals surface area contributed by atoms with E-state index in [9.17, 15) is 9.59 Å². The Morgan fingerprint density at radius 1 is 0.417 bits per heavy atom. The van der Waals surface area contributed by atoms with E-state index in [1.54, 1.807) is 27.7 Å². The molecule has 5 aliphatic rings. The number of Topliss-reactive ketones (excluding diaryl/α,β-unsaturated/α-hetero) is 2. The smallest absolute Gasteiger partial charge is 0.155 e. The molecule has 4 bridgehead atoms. The second-order valence-electron chi connectivity index (χ2n) is 12.4. The Morgan fingerprint density at radius 2 is 0.556 bits per heavy atom. The van der Waals surface area contributed by atoms with E-state index in [2.05, 4.69) is 0 Å². The maximum absolute atomic E-state index is 14.2. The molecule has 0 aromatic heterocycles. The van der Waals surface area contributed by atoms with E-state index in [0.29, 0.717) is 0 Å². The fourth-order valence-electron chi connectivity index (χ4n) is 9.27. The van der Waals surface area contributed by atoms with E-state index in [0.717, 1.165) is 22.3 Å². The third-order valence-corrected chi connectivity index (χ3v) is 16.8. The van der Waals surface area contributed by atoms with Gasteiger partial charge >= 0.3 is 0 Å². The van der Waals surface area contributed by atoms with Crippen LogP contribution in [0.25, 0.3) is 0 Å². The van der Waals surface area contributed by atoms with E-state index >= 15 is 0 Å². The maximum Gasteiger partial charge on any atom is 0.155 e. The summed E-state index contributed by atoms with van der Waals surface area (Å²) in [5, 5.41) is 0. The van der Waals surface area contributed by atoms with Gasteiger partial charge in [0, 0.05) is 23.7 Å². The fraction of sp³-hybridized carbons (Fsp3) is 0.769. The van der Waals surface area contributed by atoms with Gasteiger partial charge in [0.1, 0.15) is 0 Å². The molecule has 3 saturated carbocycles. The molecule has 5 aliphatic carbocycles. The second kappa shape index (κ2) is 7.13. The molecule has 0 amide bonds. The van der Waals surface area contributed by atoms with Crippen LogP contribution in [0.15, 0.2) is 22.3 Å². The molecule has 36 heavy (non-hydrogen) atoms. The minimum absolute atomic E-state index is 0.126. The Balaban J connectivity index is 1.94. The minimum Gasteiger partial charge on any atom is -0.298 e. The van der Waals surface area contributed by atoms with Crippen molar-refractivity contribution in [3.63, 3.8) is 0 Å². The molecule has 0 N–H and O–H groups in total. The van der Waals surface area contributed by atoms with Crippen LogP contribution in [0.5, 0.6) is 0 Å². The zero-order valence-corrected chi connectivity index (χ0v) is 27.2. The lowest BCUT2D eigenvalue weighted by atomic mass is 9.54. The molecule has 0 spiro atoms. The monoisotopic (exact) mass is 652 g/mol. The first-order valence-electron chi connectivity index (χ1n) is 11.9. The number of alkyl halides is 8. The highest BCUT2D eigenvalue weighted by atomic mass is 35.5. The first-order chi connectivity index (χ1) is 15.9. The van der Waals surface area contributed by atoms with E-state index in [1.165, 1.54) is 0 Å². The largest absolute Gasteiger partial charge is 0.298 e. The Kier molecular flexibility index (Phi) is 5.67. The van der Waals surface area contributed by atoms with Gasteiger partial charge in [-0.3, -0.25) is 9.59 Å². The summed E-state index contributed by atoms with van der Waals surface area (Å²) >= 11 is 58.6. The molecular formula is C26H28Cl8O2. The van der Waals surface area contributed by atoms with Gasteiger partial charge in [-0.1, -0.05) is 115 Å². The van der Waals surface area contributed by atoms with Gasteiger partial charge in [-0.2, -0.15) is 0 Å². The highest BCUT2D eigenvalue weighted by molar-refractivity contribution is 6.65. The number of carbonyl (C=O) groups excluding carboxylic acids is 2. The zero-order valence-electron chi connectivity index (χ0n) is 21.1. The number of rotatable bonds is 0. The van der Waals surface area contributed by atoms with Crippen LogP contribution in [0.2, 0.25) is 0 Å². The van der Waals surface area contributed by atoms with Crippen LogP contribution in [-0.2, 0) is 9.59 Å². The van der Waals surface area contributed by atoms with Gasteiger partial charge in [0.15, 0.2) is 28.9 Å². The summed E-state index contributed by atoms with van der Waals surface area (Å²) in [5.41, 5.74) is -1.45. The van der Waals surface area contributed by atoms with Crippen LogP contribution >= 0.6 is 92.8 Å². The van der Waals surface area contributed by atoms with Crippen molar-refractivity contribution < 1.29 is 9.59 Å². The zero-order chi connectivity index (χ0) is 27.8. The van der Waals surface area contributed by atoms with Gasteiger partial charge in [0.05, 0.1) is 21.7 Å². The molecule has 2 nitrogen and oxygen atoms in total. The Morgan fingerprint density at radius 3 is 0.694 bits per heavy atom. The second-order valence-corrected chi connectivity index (χ2v) is 17.9. The summed E-state index contributed by atoms with van der Waals surface area (Å²) in [6.45, 7) is 14.6. The Bertz CT molecular complexity index is 1050. The number of hydrogen-bond acceptors (Lipinski definition) is 2. The van der Waals surface area contributed by atoms with Crippen LogP contribution in [0, 0.1) is 45.3 Å². The standard InChI is InChI=1S/C26H28Cl8O2/c1-9-10(2)20(6)14-13(19(9,5)17(20)35)23(27,28)25(31,32)15-16(26(33,34)24(14,29)30)22(8)12(4)11(3)21(15,7)18(22)36/h13-16H,1-8H3/t13-,14-,15-,16-,19-,20-,21+,22+/m0/s1. The van der Waals surface area contributed by atoms with Gasteiger partial charge in [-0.05, 0) is 55.4 Å². The Hall–Kier alpha value is 1.14. The molecule has 8 atom stereocenters. The van der Waals surface area contributed by atoms with Crippen LogP contribution in [0.1, 0.15) is 55.4 Å². The van der Waals surface area contributed by atoms with Gasteiger partial charge in [0.25, 0.3) is 0 Å². The maximum atomic E-state index is 14.2. The van der Waals surface area contributed by atoms with Crippen molar-refractivity contribution in [1.29, 1.82) is 0 Å². The van der Waals surface area contributed by atoms with Crippen molar-refractivity contribution in [2.45, 2.75) is 72.7 Å². The number of carbonyl (C=O) groups is 2. The van der Waals surface area contributed by atoms with Gasteiger partial charge < -0.3 is 0 Å². The first-order valence-corrected chi connectivity index (χ1v) is 14.9. The summed E-state index contributed by atoms with van der Waals surface area (Å²) in [7, 11) is 0. The van der Waals surface area contributed by atoms with E-state index < -0.39 is 62.7 Å². The molecule has 3 fully saturated rings. The van der Waals surface area contributed by atoms with Crippen LogP contribution in [0.3, 0.4) is 0 Å². The lowest BCUT2D eigenvalue weighted by Gasteiger charge is -2.62. The summed E-state index contributed by atoms with van der Waals surface area (Å²) in [6.07, 6.45) is 0. The SMILES string of the molecule is CC1=C(C)[C@]2(C)C(=O)[C@]1(C)[C@@H]1[C@@H]2C(Cl)(Cl)C(Cl)(Cl)[C@H]2[C@H](C(Cl)(Cl)C1(Cl)Cl)[C@]1(C)C(=O)[C@]2(C)C(C)=C1C. The van der Waals surface area contributed by atoms with Crippen molar-refractivity contribution in [2.24, 2.45) is 45.3 Å². The number of fused-ring (bicyclic) bond motifs is 10. The summed E-state index contributed by atoms with van der Waals surface area (Å²) in [6, 6.07) is 0. The summed E-state index contributed by atoms with van der Waals surface area (Å²) in [4.78, 5) is 28.4. The molecule has 0 radical (unpaired) electrons. The van der Waals surface area contributed by atoms with E-state index in [4.69, 9.17) is 92.8 Å². The van der Waals surface area contributed by atoms with Crippen molar-refractivity contribution in [3.05, 3.63) is 22.3 Å². The molecule has 10 heteroatoms. The normalized spacial score (nSPS) is 51.4. The molecule has 0 aromatic carbocycles. The third-order valence-electron chi connectivity index (χ3n) is 11.7. The van der Waals surface area contributed by atoms with Gasteiger partial charge in [-0.15, -0.1) is 0 Å². The summed E-state index contributed by atoms with van der Waals surface area (Å²) < 4.78 is -7.87. The number of halogens is 8. The molecular weight excluding hydrogens is 628 g/mol. The van der Waals surface area contributed by atoms with Crippen LogP contribution in [0.4, 0.5) is 0 Å². The average Bonchev–Trinajstić information content (AvgIpc) is 3.19. The minimum atomic E-state index is -1.97. The number of ketones is 2. The molecule has 0 aromatic rings. The van der Waals surface area contributed by atoms with Crippen LogP contribution < -0.4 is 0 Å². The first kappa shape index (κ1) is 28.7. The summed E-state index contributed by atoms with van der Waals surface area (Å²) in [5.74, 6) is -4.05.